The van der Waals surface area contributed by atoms with Crippen molar-refractivity contribution in [1.82, 2.24) is 0 Å². The van der Waals surface area contributed by atoms with E-state index in [0.29, 0.717) is 0 Å². The molecule has 0 unspecified atom stereocenters. The van der Waals surface area contributed by atoms with E-state index in [1.54, 1.807) is 0 Å². The summed E-state index contributed by atoms with van der Waals surface area (Å²) in [7, 11) is 0. The van der Waals surface area contributed by atoms with Crippen LogP contribution in [0.2, 0.25) is 0 Å². The Hall–Kier alpha value is -0.0800. The van der Waals surface area contributed by atoms with Gasteiger partial charge in [-0.2, -0.15) is 0 Å². The zero-order valence-corrected chi connectivity index (χ0v) is 9.04. The van der Waals surface area contributed by atoms with Crippen LogP contribution in [0.25, 0.3) is 0 Å². The lowest BCUT2D eigenvalue weighted by Gasteiger charge is -2.05. The lowest BCUT2D eigenvalue weighted by atomic mass is 10.1. The van der Waals surface area contributed by atoms with Crippen molar-refractivity contribution in [2.75, 3.05) is 0 Å². The van der Waals surface area contributed by atoms with E-state index in [9.17, 15) is 0 Å². The van der Waals surface area contributed by atoms with Crippen LogP contribution in [-0.4, -0.2) is 0 Å². The molecule has 66 valence electrons. The SMILES string of the molecule is CCCCc1cccc(S)c1S. The summed E-state index contributed by atoms with van der Waals surface area (Å²) >= 11 is 8.72. The predicted molar refractivity (Wildman–Crippen MR) is 59.6 cm³/mol. The highest BCUT2D eigenvalue weighted by Gasteiger charge is 2.00. The molecule has 0 heterocycles. The first-order chi connectivity index (χ1) is 5.75. The molecule has 0 amide bonds. The molecular weight excluding hydrogens is 184 g/mol. The van der Waals surface area contributed by atoms with Gasteiger partial charge in [-0.25, -0.2) is 0 Å². The number of unbranched alkanes of at least 4 members (excludes halogenated alkanes) is 1. The van der Waals surface area contributed by atoms with Crippen LogP contribution in [0.4, 0.5) is 0 Å². The van der Waals surface area contributed by atoms with Gasteiger partial charge in [-0.3, -0.25) is 0 Å². The molecular formula is C10H14S2. The average molecular weight is 198 g/mol. The number of thiol groups is 2. The Labute approximate surface area is 85.2 Å². The van der Waals surface area contributed by atoms with Gasteiger partial charge in [-0.1, -0.05) is 25.5 Å². The quantitative estimate of drug-likeness (QED) is 0.681. The molecule has 1 rings (SSSR count). The smallest absolute Gasteiger partial charge is 0.0206 e. The molecule has 0 nitrogen and oxygen atoms in total. The molecule has 0 bridgehead atoms. The van der Waals surface area contributed by atoms with Crippen molar-refractivity contribution in [2.45, 2.75) is 36.0 Å². The molecule has 2 heteroatoms. The Morgan fingerprint density at radius 3 is 2.67 bits per heavy atom. The summed E-state index contributed by atoms with van der Waals surface area (Å²) in [4.78, 5) is 2.02. The van der Waals surface area contributed by atoms with E-state index in [2.05, 4.69) is 38.2 Å². The largest absolute Gasteiger partial charge is 0.142 e. The van der Waals surface area contributed by atoms with Gasteiger partial charge < -0.3 is 0 Å². The molecule has 0 N–H and O–H groups in total. The van der Waals surface area contributed by atoms with Crippen LogP contribution in [0, 0.1) is 0 Å². The second-order valence-corrected chi connectivity index (χ2v) is 3.82. The summed E-state index contributed by atoms with van der Waals surface area (Å²) in [6.07, 6.45) is 3.57. The van der Waals surface area contributed by atoms with E-state index < -0.39 is 0 Å². The molecule has 1 aromatic rings. The van der Waals surface area contributed by atoms with Gasteiger partial charge in [0.15, 0.2) is 0 Å². The molecule has 0 aliphatic rings. The maximum Gasteiger partial charge on any atom is 0.0206 e. The number of hydrogen-bond donors (Lipinski definition) is 2. The van der Waals surface area contributed by atoms with Gasteiger partial charge in [0.1, 0.15) is 0 Å². The summed E-state index contributed by atoms with van der Waals surface area (Å²) < 4.78 is 0. The minimum atomic E-state index is 0.979. The third-order valence-corrected chi connectivity index (χ3v) is 2.98. The zero-order chi connectivity index (χ0) is 8.97. The van der Waals surface area contributed by atoms with Crippen LogP contribution >= 0.6 is 25.3 Å². The summed E-state index contributed by atoms with van der Waals surface area (Å²) in [6, 6.07) is 6.13. The highest BCUT2D eigenvalue weighted by atomic mass is 32.1. The molecule has 0 aliphatic heterocycles. The van der Waals surface area contributed by atoms with Gasteiger partial charge in [0.2, 0.25) is 0 Å². The fraction of sp³-hybridized carbons (Fsp3) is 0.400. The van der Waals surface area contributed by atoms with Crippen molar-refractivity contribution in [3.05, 3.63) is 23.8 Å². The van der Waals surface area contributed by atoms with Crippen molar-refractivity contribution >= 4 is 25.3 Å². The highest BCUT2D eigenvalue weighted by molar-refractivity contribution is 7.83. The Morgan fingerprint density at radius 2 is 2.00 bits per heavy atom. The molecule has 0 saturated heterocycles. The van der Waals surface area contributed by atoms with Crippen molar-refractivity contribution in [3.63, 3.8) is 0 Å². The van der Waals surface area contributed by atoms with Crippen LogP contribution < -0.4 is 0 Å². The minimum absolute atomic E-state index is 0.979. The van der Waals surface area contributed by atoms with Crippen LogP contribution in [0.1, 0.15) is 25.3 Å². The first kappa shape index (κ1) is 10.0. The maximum absolute atomic E-state index is 4.41. The molecule has 0 fully saturated rings. The summed E-state index contributed by atoms with van der Waals surface area (Å²) in [5.41, 5.74) is 1.31. The summed E-state index contributed by atoms with van der Waals surface area (Å²) in [5, 5.41) is 0. The van der Waals surface area contributed by atoms with Crippen LogP contribution in [0.3, 0.4) is 0 Å². The molecule has 0 aromatic heterocycles. The third kappa shape index (κ3) is 2.46. The van der Waals surface area contributed by atoms with E-state index in [1.165, 1.54) is 18.4 Å². The Balaban J connectivity index is 2.78. The summed E-state index contributed by atoms with van der Waals surface area (Å²) in [6.45, 7) is 2.20. The van der Waals surface area contributed by atoms with Gasteiger partial charge in [-0.05, 0) is 24.5 Å². The second-order valence-electron chi connectivity index (χ2n) is 2.89. The van der Waals surface area contributed by atoms with Crippen molar-refractivity contribution in [1.29, 1.82) is 0 Å². The van der Waals surface area contributed by atoms with Gasteiger partial charge in [-0.15, -0.1) is 25.3 Å². The lowest BCUT2D eigenvalue weighted by Crippen LogP contribution is -1.87. The minimum Gasteiger partial charge on any atom is -0.142 e. The Kier molecular flexibility index (Phi) is 4.02. The van der Waals surface area contributed by atoms with Crippen LogP contribution in [0.15, 0.2) is 28.0 Å². The van der Waals surface area contributed by atoms with E-state index >= 15 is 0 Å². The third-order valence-electron chi connectivity index (χ3n) is 1.90. The lowest BCUT2D eigenvalue weighted by molar-refractivity contribution is 0.781. The van der Waals surface area contributed by atoms with E-state index in [0.717, 1.165) is 16.2 Å². The van der Waals surface area contributed by atoms with Crippen molar-refractivity contribution in [2.24, 2.45) is 0 Å². The topological polar surface area (TPSA) is 0 Å². The predicted octanol–water partition coefficient (Wildman–Crippen LogP) is 3.61. The Bertz CT molecular complexity index is 256. The summed E-state index contributed by atoms with van der Waals surface area (Å²) in [5.74, 6) is 0. The molecule has 0 aliphatic carbocycles. The van der Waals surface area contributed by atoms with E-state index in [1.807, 2.05) is 12.1 Å². The first-order valence-corrected chi connectivity index (χ1v) is 5.15. The molecule has 0 saturated carbocycles. The number of benzene rings is 1. The zero-order valence-electron chi connectivity index (χ0n) is 7.25. The number of aryl methyl sites for hydroxylation is 1. The van der Waals surface area contributed by atoms with Crippen molar-refractivity contribution < 1.29 is 0 Å². The molecule has 0 radical (unpaired) electrons. The molecule has 1 aromatic carbocycles. The maximum atomic E-state index is 4.41. The molecule has 0 spiro atoms. The van der Waals surface area contributed by atoms with Crippen molar-refractivity contribution in [3.8, 4) is 0 Å². The first-order valence-electron chi connectivity index (χ1n) is 4.25. The van der Waals surface area contributed by atoms with Gasteiger partial charge in [0.05, 0.1) is 0 Å². The molecule has 12 heavy (non-hydrogen) atoms. The number of rotatable bonds is 3. The normalized spacial score (nSPS) is 10.2. The highest BCUT2D eigenvalue weighted by Crippen LogP contribution is 2.23. The monoisotopic (exact) mass is 198 g/mol. The van der Waals surface area contributed by atoms with Crippen LogP contribution in [-0.2, 0) is 6.42 Å². The average Bonchev–Trinajstić information content (AvgIpc) is 2.08. The van der Waals surface area contributed by atoms with Gasteiger partial charge in [0.25, 0.3) is 0 Å². The number of hydrogen-bond acceptors (Lipinski definition) is 2. The fourth-order valence-electron chi connectivity index (χ4n) is 1.15. The van der Waals surface area contributed by atoms with E-state index in [-0.39, 0.29) is 0 Å². The van der Waals surface area contributed by atoms with E-state index in [4.69, 9.17) is 0 Å². The second kappa shape index (κ2) is 4.83. The standard InChI is InChI=1S/C10H14S2/c1-2-3-5-8-6-4-7-9(11)10(8)12/h4,6-7,11-12H,2-3,5H2,1H3. The van der Waals surface area contributed by atoms with Crippen LogP contribution in [0.5, 0.6) is 0 Å². The van der Waals surface area contributed by atoms with Gasteiger partial charge in [0, 0.05) is 9.79 Å². The van der Waals surface area contributed by atoms with Gasteiger partial charge >= 0.3 is 0 Å². The Morgan fingerprint density at radius 1 is 1.25 bits per heavy atom. The fourth-order valence-corrected chi connectivity index (χ4v) is 1.64. The molecule has 0 atom stereocenters.